The van der Waals surface area contributed by atoms with Crippen molar-refractivity contribution in [3.63, 3.8) is 0 Å². The Labute approximate surface area is 146 Å². The molecule has 0 spiro atoms. The van der Waals surface area contributed by atoms with Crippen LogP contribution in [0.4, 0.5) is 0 Å². The molecule has 4 aliphatic rings. The minimum Gasteiger partial charge on any atom is -0.303 e. The van der Waals surface area contributed by atoms with Gasteiger partial charge in [-0.05, 0) is 85.5 Å². The van der Waals surface area contributed by atoms with Crippen LogP contribution in [-0.4, -0.2) is 12.1 Å². The predicted octanol–water partition coefficient (Wildman–Crippen LogP) is 4.97. The number of fused-ring (bicyclic) bond motifs is 5. The largest absolute Gasteiger partial charge is 0.303 e. The van der Waals surface area contributed by atoms with Crippen LogP contribution in [0.15, 0.2) is 11.6 Å². The topological polar surface area (TPSA) is 34.1 Å². The van der Waals surface area contributed by atoms with Crippen molar-refractivity contribution in [1.29, 1.82) is 0 Å². The maximum atomic E-state index is 11.9. The lowest BCUT2D eigenvalue weighted by molar-refractivity contribution is -0.118. The van der Waals surface area contributed by atoms with Crippen molar-refractivity contribution < 1.29 is 9.59 Å². The van der Waals surface area contributed by atoms with Crippen LogP contribution in [0.5, 0.6) is 0 Å². The fourth-order valence-corrected chi connectivity index (χ4v) is 7.56. The quantitative estimate of drug-likeness (QED) is 0.671. The minimum absolute atomic E-state index is 0.207. The number of carbonyl (C=O) groups is 2. The summed E-state index contributed by atoms with van der Waals surface area (Å²) in [5.41, 5.74) is 2.09. The monoisotopic (exact) mass is 328 g/mol. The molecule has 132 valence electrons. The Morgan fingerprint density at radius 2 is 1.88 bits per heavy atom. The Hall–Kier alpha value is -0.920. The maximum absolute atomic E-state index is 11.9. The highest BCUT2D eigenvalue weighted by Crippen LogP contribution is 2.67. The Kier molecular flexibility index (Phi) is 3.82. The number of hydrogen-bond donors (Lipinski definition) is 0. The Balaban J connectivity index is 1.65. The lowest BCUT2D eigenvalue weighted by Gasteiger charge is -2.58. The zero-order valence-electron chi connectivity index (χ0n) is 15.5. The van der Waals surface area contributed by atoms with Crippen molar-refractivity contribution in [2.24, 2.45) is 40.4 Å². The summed E-state index contributed by atoms with van der Waals surface area (Å²) >= 11 is 0. The molecule has 0 unspecified atom stereocenters. The molecule has 0 aliphatic heterocycles. The average Bonchev–Trinajstić information content (AvgIpc) is 2.92. The summed E-state index contributed by atoms with van der Waals surface area (Å²) < 4.78 is 0. The van der Waals surface area contributed by atoms with E-state index < -0.39 is 0 Å². The zero-order valence-corrected chi connectivity index (χ0v) is 15.5. The van der Waals surface area contributed by atoms with Gasteiger partial charge in [0.15, 0.2) is 5.78 Å². The first-order valence-electron chi connectivity index (χ1n) is 10.1. The second-order valence-electron chi connectivity index (χ2n) is 9.69. The van der Waals surface area contributed by atoms with Crippen LogP contribution in [-0.2, 0) is 9.59 Å². The summed E-state index contributed by atoms with van der Waals surface area (Å²) in [6, 6.07) is 0. The fraction of sp³-hybridized carbons (Fsp3) is 0.818. The van der Waals surface area contributed by atoms with E-state index in [0.717, 1.165) is 37.0 Å². The number of hydrogen-bond acceptors (Lipinski definition) is 2. The van der Waals surface area contributed by atoms with Crippen LogP contribution in [0.25, 0.3) is 0 Å². The second-order valence-corrected chi connectivity index (χ2v) is 9.69. The highest BCUT2D eigenvalue weighted by molar-refractivity contribution is 5.91. The van der Waals surface area contributed by atoms with Gasteiger partial charge in [0.05, 0.1) is 0 Å². The number of carbonyl (C=O) groups excluding carboxylic acids is 2. The van der Waals surface area contributed by atoms with Gasteiger partial charge in [-0.1, -0.05) is 26.3 Å². The molecule has 0 aromatic heterocycles. The third-order valence-electron chi connectivity index (χ3n) is 8.88. The number of ketones is 1. The van der Waals surface area contributed by atoms with Gasteiger partial charge in [-0.3, -0.25) is 4.79 Å². The zero-order chi connectivity index (χ0) is 17.1. The molecule has 0 aromatic rings. The molecule has 24 heavy (non-hydrogen) atoms. The molecule has 0 radical (unpaired) electrons. The molecule has 2 heteroatoms. The lowest BCUT2D eigenvalue weighted by Crippen LogP contribution is -2.51. The number of rotatable bonds is 2. The Bertz CT molecular complexity index is 591. The first-order valence-corrected chi connectivity index (χ1v) is 10.1. The first kappa shape index (κ1) is 16.5. The highest BCUT2D eigenvalue weighted by Gasteiger charge is 2.59. The first-order chi connectivity index (χ1) is 11.4. The summed E-state index contributed by atoms with van der Waals surface area (Å²) in [7, 11) is 0. The standard InChI is InChI=1S/C22H32O2/c1-14(13-23)18-6-7-19-17-5-4-15-12-16(24)8-10-21(15,2)20(17)9-11-22(18,19)3/h12-14,17-20H,4-11H2,1-3H3/t14-,17+,18-,19+,20+,21+,22+/m1/s1. The van der Waals surface area contributed by atoms with E-state index in [0.29, 0.717) is 17.1 Å². The van der Waals surface area contributed by atoms with Crippen molar-refractivity contribution >= 4 is 12.1 Å². The molecule has 2 nitrogen and oxygen atoms in total. The molecular weight excluding hydrogens is 296 g/mol. The van der Waals surface area contributed by atoms with E-state index in [1.54, 1.807) is 0 Å². The summed E-state index contributed by atoms with van der Waals surface area (Å²) in [5, 5.41) is 0. The number of allylic oxidation sites excluding steroid dienone is 1. The van der Waals surface area contributed by atoms with Gasteiger partial charge in [0, 0.05) is 12.3 Å². The molecule has 3 fully saturated rings. The van der Waals surface area contributed by atoms with Gasteiger partial charge >= 0.3 is 0 Å². The van der Waals surface area contributed by atoms with Crippen molar-refractivity contribution in [3.8, 4) is 0 Å². The summed E-state index contributed by atoms with van der Waals surface area (Å²) in [4.78, 5) is 23.3. The van der Waals surface area contributed by atoms with Crippen molar-refractivity contribution in [3.05, 3.63) is 11.6 Å². The van der Waals surface area contributed by atoms with Gasteiger partial charge < -0.3 is 4.79 Å². The van der Waals surface area contributed by atoms with Gasteiger partial charge in [-0.2, -0.15) is 0 Å². The normalized spacial score (nSPS) is 48.8. The van der Waals surface area contributed by atoms with Gasteiger partial charge in [-0.15, -0.1) is 0 Å². The van der Waals surface area contributed by atoms with E-state index in [9.17, 15) is 9.59 Å². The second kappa shape index (κ2) is 5.54. The molecule has 4 rings (SSSR count). The van der Waals surface area contributed by atoms with Crippen LogP contribution in [0.2, 0.25) is 0 Å². The third kappa shape index (κ3) is 2.14. The lowest BCUT2D eigenvalue weighted by atomic mass is 9.46. The Morgan fingerprint density at radius 3 is 2.62 bits per heavy atom. The molecule has 0 heterocycles. The van der Waals surface area contributed by atoms with Crippen LogP contribution >= 0.6 is 0 Å². The molecule has 0 aromatic carbocycles. The average molecular weight is 328 g/mol. The SMILES string of the molecule is C[C@H](C=O)[C@H]1CC[C@H]2[C@@H]3CCC4=CC(=O)CC[C@]4(C)[C@H]3CC[C@@]12C. The smallest absolute Gasteiger partial charge is 0.155 e. The Morgan fingerprint density at radius 1 is 1.08 bits per heavy atom. The van der Waals surface area contributed by atoms with Gasteiger partial charge in [0.2, 0.25) is 0 Å². The summed E-state index contributed by atoms with van der Waals surface area (Å²) in [5.74, 6) is 3.50. The predicted molar refractivity (Wildman–Crippen MR) is 95.4 cm³/mol. The van der Waals surface area contributed by atoms with E-state index in [-0.39, 0.29) is 11.3 Å². The molecule has 7 atom stereocenters. The van der Waals surface area contributed by atoms with Crippen molar-refractivity contribution in [2.45, 2.75) is 72.1 Å². The van der Waals surface area contributed by atoms with Crippen LogP contribution in [0, 0.1) is 40.4 Å². The molecule has 0 N–H and O–H groups in total. The summed E-state index contributed by atoms with van der Waals surface area (Å²) in [6.45, 7) is 7.07. The fourth-order valence-electron chi connectivity index (χ4n) is 7.56. The van der Waals surface area contributed by atoms with Crippen LogP contribution in [0.3, 0.4) is 0 Å². The molecule has 0 amide bonds. The minimum atomic E-state index is 0.207. The van der Waals surface area contributed by atoms with Crippen molar-refractivity contribution in [1.82, 2.24) is 0 Å². The van der Waals surface area contributed by atoms with Crippen LogP contribution in [0.1, 0.15) is 72.1 Å². The number of aldehydes is 1. The van der Waals surface area contributed by atoms with E-state index in [1.165, 1.54) is 44.0 Å². The molecular formula is C22H32O2. The van der Waals surface area contributed by atoms with Gasteiger partial charge in [-0.25, -0.2) is 0 Å². The van der Waals surface area contributed by atoms with Gasteiger partial charge in [0.25, 0.3) is 0 Å². The third-order valence-corrected chi connectivity index (χ3v) is 8.88. The molecule has 3 saturated carbocycles. The maximum Gasteiger partial charge on any atom is 0.155 e. The molecule has 0 saturated heterocycles. The van der Waals surface area contributed by atoms with Crippen LogP contribution < -0.4 is 0 Å². The van der Waals surface area contributed by atoms with E-state index >= 15 is 0 Å². The highest BCUT2D eigenvalue weighted by atomic mass is 16.1. The molecule has 0 bridgehead atoms. The van der Waals surface area contributed by atoms with E-state index in [4.69, 9.17) is 0 Å². The molecule has 4 aliphatic carbocycles. The van der Waals surface area contributed by atoms with Crippen molar-refractivity contribution in [2.75, 3.05) is 0 Å². The van der Waals surface area contributed by atoms with E-state index in [2.05, 4.69) is 20.8 Å². The van der Waals surface area contributed by atoms with Gasteiger partial charge in [0.1, 0.15) is 6.29 Å². The van der Waals surface area contributed by atoms with E-state index in [1.807, 2.05) is 6.08 Å². The summed E-state index contributed by atoms with van der Waals surface area (Å²) in [6.07, 6.45) is 12.5.